The van der Waals surface area contributed by atoms with E-state index in [0.717, 1.165) is 17.9 Å². The molecule has 1 heterocycles. The van der Waals surface area contributed by atoms with Crippen LogP contribution in [0, 0.1) is 10.4 Å². The van der Waals surface area contributed by atoms with Crippen molar-refractivity contribution in [3.05, 3.63) is 10.4 Å². The van der Waals surface area contributed by atoms with Crippen molar-refractivity contribution in [2.45, 2.75) is 25.3 Å². The predicted molar refractivity (Wildman–Crippen MR) is 45.8 cm³/mol. The number of esters is 1. The van der Waals surface area contributed by atoms with Gasteiger partial charge in [-0.3, -0.25) is 0 Å². The van der Waals surface area contributed by atoms with E-state index in [1.807, 2.05) is 0 Å². The van der Waals surface area contributed by atoms with Gasteiger partial charge in [0.05, 0.1) is 13.7 Å². The summed E-state index contributed by atoms with van der Waals surface area (Å²) in [5.41, 5.74) is 0. The van der Waals surface area contributed by atoms with Gasteiger partial charge in [0.2, 0.25) is 0 Å². The third-order valence-electron chi connectivity index (χ3n) is 2.24. The van der Waals surface area contributed by atoms with Gasteiger partial charge in [-0.1, -0.05) is 0 Å². The minimum atomic E-state index is -0.677. The summed E-state index contributed by atoms with van der Waals surface area (Å²) in [6.45, 7) is 0.356. The van der Waals surface area contributed by atoms with E-state index in [-0.39, 0.29) is 4.97 Å². The molecule has 0 spiro atoms. The molecule has 1 atom stereocenters. The molecule has 7 nitrogen and oxygen atoms in total. The zero-order chi connectivity index (χ0) is 10.6. The Kier molecular flexibility index (Phi) is 3.49. The van der Waals surface area contributed by atoms with Gasteiger partial charge in [0.25, 0.3) is 0 Å². The molecule has 14 heavy (non-hydrogen) atoms. The molecule has 1 aliphatic rings. The van der Waals surface area contributed by atoms with Gasteiger partial charge in [-0.2, -0.15) is 0 Å². The van der Waals surface area contributed by atoms with Crippen LogP contribution in [0.1, 0.15) is 19.3 Å². The lowest BCUT2D eigenvalue weighted by atomic mass is 10.0. The van der Waals surface area contributed by atoms with Crippen LogP contribution in [-0.2, 0) is 9.53 Å². The number of methoxy groups -OCH3 is 1. The standard InChI is InChI=1S/C7H13N3O4/c1-14-7(11)6-4-2-3-5-9(6)10(13)8-12/h6,12H,2-5H2,1H3/p-1. The predicted octanol–water partition coefficient (Wildman–Crippen LogP) is 0.389. The topological polar surface area (TPSA) is 91.0 Å². The molecule has 80 valence electrons. The lowest BCUT2D eigenvalue weighted by molar-refractivity contribution is -0.697. The Bertz CT molecular complexity index is 243. The molecule has 0 radical (unpaired) electrons. The molecular weight excluding hydrogens is 190 g/mol. The fourth-order valence-corrected chi connectivity index (χ4v) is 1.54. The lowest BCUT2D eigenvalue weighted by Gasteiger charge is -2.29. The average molecular weight is 202 g/mol. The van der Waals surface area contributed by atoms with Crippen molar-refractivity contribution in [2.75, 3.05) is 13.7 Å². The Morgan fingerprint density at radius 2 is 2.36 bits per heavy atom. The first kappa shape index (κ1) is 10.6. The van der Waals surface area contributed by atoms with Gasteiger partial charge in [-0.15, -0.1) is 5.01 Å². The van der Waals surface area contributed by atoms with E-state index in [4.69, 9.17) is 0 Å². The van der Waals surface area contributed by atoms with Crippen molar-refractivity contribution >= 4 is 5.97 Å². The summed E-state index contributed by atoms with van der Waals surface area (Å²) in [6, 6.07) is -0.677. The normalized spacial score (nSPS) is 23.4. The van der Waals surface area contributed by atoms with Crippen LogP contribution in [-0.4, -0.2) is 35.6 Å². The number of hydrogen-bond donors (Lipinski definition) is 0. The maximum absolute atomic E-state index is 11.2. The fourth-order valence-electron chi connectivity index (χ4n) is 1.54. The highest BCUT2D eigenvalue weighted by molar-refractivity contribution is 5.75. The average Bonchev–Trinajstić information content (AvgIpc) is 2.27. The van der Waals surface area contributed by atoms with E-state index < -0.39 is 12.0 Å². The number of carbonyl (C=O) groups is 1. The van der Waals surface area contributed by atoms with Gasteiger partial charge in [0.15, 0.2) is 6.04 Å². The summed E-state index contributed by atoms with van der Waals surface area (Å²) < 4.78 is 4.52. The minimum absolute atomic E-state index is 0.0826. The lowest BCUT2D eigenvalue weighted by Crippen LogP contribution is -2.48. The third-order valence-corrected chi connectivity index (χ3v) is 2.24. The smallest absolute Gasteiger partial charge is 0.334 e. The highest BCUT2D eigenvalue weighted by atomic mass is 16.6. The molecule has 7 heteroatoms. The first-order valence-electron chi connectivity index (χ1n) is 4.35. The third kappa shape index (κ3) is 2.04. The molecule has 0 N–H and O–H groups in total. The van der Waals surface area contributed by atoms with Crippen LogP contribution in [0.15, 0.2) is 5.28 Å². The summed E-state index contributed by atoms with van der Waals surface area (Å²) in [5, 5.41) is 24.3. The largest absolute Gasteiger partial charge is 0.737 e. The molecule has 0 amide bonds. The van der Waals surface area contributed by atoms with Gasteiger partial charge in [0, 0.05) is 4.97 Å². The Morgan fingerprint density at radius 3 is 2.93 bits per heavy atom. The van der Waals surface area contributed by atoms with E-state index in [1.54, 1.807) is 0 Å². The Hall–Kier alpha value is -1.53. The molecule has 0 bridgehead atoms. The Morgan fingerprint density at radius 1 is 1.64 bits per heavy atom. The molecule has 1 unspecified atom stereocenters. The molecule has 0 saturated carbocycles. The molecule has 1 fully saturated rings. The van der Waals surface area contributed by atoms with Crippen molar-refractivity contribution in [3.63, 3.8) is 0 Å². The number of nitrogens with zero attached hydrogens (tertiary/aromatic N) is 3. The molecular formula is C7H12N3O4-. The van der Waals surface area contributed by atoms with Gasteiger partial charge >= 0.3 is 5.97 Å². The summed E-state index contributed by atoms with van der Waals surface area (Å²) >= 11 is 0. The van der Waals surface area contributed by atoms with E-state index >= 15 is 0 Å². The van der Waals surface area contributed by atoms with Crippen molar-refractivity contribution in [2.24, 2.45) is 5.28 Å². The summed E-state index contributed by atoms with van der Waals surface area (Å²) in [5.74, 6) is -0.505. The maximum atomic E-state index is 11.2. The molecule has 1 aliphatic heterocycles. The first-order valence-corrected chi connectivity index (χ1v) is 4.35. The molecule has 1 saturated heterocycles. The number of piperidine rings is 1. The van der Waals surface area contributed by atoms with E-state index in [2.05, 4.69) is 10.0 Å². The summed E-state index contributed by atoms with van der Waals surface area (Å²) in [4.78, 5) is 11.1. The number of hydrogen-bond acceptors (Lipinski definition) is 5. The summed E-state index contributed by atoms with van der Waals surface area (Å²) in [7, 11) is 1.25. The highest BCUT2D eigenvalue weighted by Crippen LogP contribution is 2.17. The Balaban J connectivity index is 2.73. The number of ether oxygens (including phenoxy) is 1. The molecule has 0 aromatic carbocycles. The van der Waals surface area contributed by atoms with Gasteiger partial charge < -0.3 is 15.2 Å². The van der Waals surface area contributed by atoms with Crippen molar-refractivity contribution in [1.82, 2.24) is 5.01 Å². The number of rotatable bonds is 2. The van der Waals surface area contributed by atoms with E-state index in [0.29, 0.717) is 13.0 Å². The zero-order valence-electron chi connectivity index (χ0n) is 7.88. The number of carbonyl (C=O) groups excluding carboxylic acids is 1. The van der Waals surface area contributed by atoms with Gasteiger partial charge in [-0.25, -0.2) is 4.79 Å². The number of hydrazine groups is 1. The molecule has 0 aromatic rings. The van der Waals surface area contributed by atoms with Crippen molar-refractivity contribution < 1.29 is 14.5 Å². The van der Waals surface area contributed by atoms with E-state index in [9.17, 15) is 15.2 Å². The Labute approximate surface area is 81.1 Å². The minimum Gasteiger partial charge on any atom is -0.737 e. The second kappa shape index (κ2) is 4.64. The van der Waals surface area contributed by atoms with Crippen LogP contribution < -0.4 is 0 Å². The quantitative estimate of drug-likeness (QED) is 0.279. The second-order valence-corrected chi connectivity index (χ2v) is 3.03. The van der Waals surface area contributed by atoms with Crippen LogP contribution >= 0.6 is 0 Å². The highest BCUT2D eigenvalue weighted by Gasteiger charge is 2.34. The first-order chi connectivity index (χ1) is 6.70. The molecule has 0 aliphatic carbocycles. The van der Waals surface area contributed by atoms with Crippen molar-refractivity contribution in [1.29, 1.82) is 0 Å². The summed E-state index contributed by atoms with van der Waals surface area (Å²) in [6.07, 6.45) is 2.12. The second-order valence-electron chi connectivity index (χ2n) is 3.03. The van der Waals surface area contributed by atoms with Crippen molar-refractivity contribution in [3.8, 4) is 0 Å². The molecule has 1 rings (SSSR count). The van der Waals surface area contributed by atoms with E-state index in [1.165, 1.54) is 7.11 Å². The van der Waals surface area contributed by atoms with Crippen LogP contribution in [0.4, 0.5) is 0 Å². The maximum Gasteiger partial charge on any atom is 0.334 e. The van der Waals surface area contributed by atoms with Crippen LogP contribution in [0.5, 0.6) is 0 Å². The zero-order valence-corrected chi connectivity index (χ0v) is 7.88. The molecule has 0 aromatic heterocycles. The van der Waals surface area contributed by atoms with Crippen LogP contribution in [0.2, 0.25) is 0 Å². The SMILES string of the molecule is COC(=O)C1CCCCN1[N+]([O-])=N[O-]. The van der Waals surface area contributed by atoms with Crippen LogP contribution in [0.25, 0.3) is 0 Å². The fraction of sp³-hybridized carbons (Fsp3) is 0.857. The van der Waals surface area contributed by atoms with Gasteiger partial charge in [-0.05, 0) is 24.5 Å². The van der Waals surface area contributed by atoms with Crippen LogP contribution in [0.3, 0.4) is 0 Å². The van der Waals surface area contributed by atoms with Gasteiger partial charge in [0.1, 0.15) is 0 Å². The monoisotopic (exact) mass is 202 g/mol.